The third-order valence-corrected chi connectivity index (χ3v) is 1.04. The maximum atomic E-state index is 12.6. The van der Waals surface area contributed by atoms with Gasteiger partial charge in [0.05, 0.1) is 6.04 Å². The minimum Gasteiger partial charge on any atom is -0.323 e. The van der Waals surface area contributed by atoms with Crippen LogP contribution in [0.15, 0.2) is 0 Å². The largest absolute Gasteiger partial charge is 0.323 e. The van der Waals surface area contributed by atoms with Crippen molar-refractivity contribution in [2.75, 3.05) is 0 Å². The van der Waals surface area contributed by atoms with E-state index in [1.807, 2.05) is 0 Å². The van der Waals surface area contributed by atoms with Gasteiger partial charge in [-0.15, -0.1) is 0 Å². The number of hydrogen-bond acceptors (Lipinski definition) is 1. The number of hydrogen-bond donors (Lipinski definition) is 1. The second-order valence-corrected chi connectivity index (χ2v) is 2.92. The van der Waals surface area contributed by atoms with Crippen LogP contribution in [0.2, 0.25) is 0 Å². The normalized spacial score (nSPS) is 15.9. The molecule has 0 bridgehead atoms. The molecule has 0 aliphatic heterocycles. The Morgan fingerprint density at radius 1 is 1.40 bits per heavy atom. The molecule has 0 aliphatic rings. The molecule has 0 aromatic rings. The quantitative estimate of drug-likeness (QED) is 0.659. The van der Waals surface area contributed by atoms with Crippen molar-refractivity contribution < 1.29 is 13.2 Å². The zero-order valence-corrected chi connectivity index (χ0v) is 6.07. The minimum atomic E-state index is -2.63. The highest BCUT2D eigenvalue weighted by Crippen LogP contribution is 2.18. The van der Waals surface area contributed by atoms with Crippen molar-refractivity contribution in [3.05, 3.63) is 0 Å². The van der Waals surface area contributed by atoms with Gasteiger partial charge in [0.25, 0.3) is 6.43 Å². The second kappa shape index (κ2) is 3.23. The van der Waals surface area contributed by atoms with Crippen LogP contribution >= 0.6 is 0 Å². The first-order valence-corrected chi connectivity index (χ1v) is 3.05. The molecule has 0 aromatic heterocycles. The van der Waals surface area contributed by atoms with Gasteiger partial charge in [0.15, 0.2) is 0 Å². The van der Waals surface area contributed by atoms with Crippen molar-refractivity contribution in [2.45, 2.75) is 38.4 Å². The van der Waals surface area contributed by atoms with E-state index >= 15 is 0 Å². The van der Waals surface area contributed by atoms with Crippen LogP contribution in [0.1, 0.15) is 20.3 Å². The maximum absolute atomic E-state index is 12.6. The molecule has 1 nitrogen and oxygen atoms in total. The van der Waals surface area contributed by atoms with E-state index in [4.69, 9.17) is 5.73 Å². The molecule has 0 amide bonds. The molecule has 2 N–H and O–H groups in total. The molecule has 1 unspecified atom stereocenters. The monoisotopic (exact) mass is 155 g/mol. The van der Waals surface area contributed by atoms with Crippen LogP contribution in [0.25, 0.3) is 0 Å². The summed E-state index contributed by atoms with van der Waals surface area (Å²) in [7, 11) is 0. The Bertz CT molecular complexity index is 97.7. The lowest BCUT2D eigenvalue weighted by Crippen LogP contribution is -2.34. The number of alkyl halides is 3. The molecular formula is C6H12F3N. The van der Waals surface area contributed by atoms with E-state index in [-0.39, 0.29) is 6.42 Å². The summed E-state index contributed by atoms with van der Waals surface area (Å²) in [4.78, 5) is 0. The van der Waals surface area contributed by atoms with E-state index in [2.05, 4.69) is 0 Å². The fraction of sp³-hybridized carbons (Fsp3) is 1.00. The molecule has 0 fully saturated rings. The number of nitrogens with two attached hydrogens (primary N) is 1. The summed E-state index contributed by atoms with van der Waals surface area (Å²) in [5.41, 5.74) is 3.31. The van der Waals surface area contributed by atoms with Gasteiger partial charge in [-0.1, -0.05) is 0 Å². The highest BCUT2D eigenvalue weighted by molar-refractivity contribution is 4.75. The topological polar surface area (TPSA) is 26.0 Å². The third kappa shape index (κ3) is 4.61. The molecule has 0 aromatic carbocycles. The zero-order valence-electron chi connectivity index (χ0n) is 6.07. The van der Waals surface area contributed by atoms with E-state index in [0.717, 1.165) is 0 Å². The maximum Gasteiger partial charge on any atom is 0.253 e. The number of rotatable bonds is 3. The molecule has 0 spiro atoms. The molecule has 0 saturated heterocycles. The molecule has 0 heterocycles. The van der Waals surface area contributed by atoms with Gasteiger partial charge >= 0.3 is 0 Å². The Hall–Kier alpha value is -0.250. The fourth-order valence-electron chi connectivity index (χ4n) is 0.650. The average Bonchev–Trinajstić information content (AvgIpc) is 1.60. The zero-order chi connectivity index (χ0) is 8.36. The van der Waals surface area contributed by atoms with Crippen LogP contribution in [-0.2, 0) is 0 Å². The molecule has 4 heteroatoms. The predicted octanol–water partition coefficient (Wildman–Crippen LogP) is 1.72. The first kappa shape index (κ1) is 9.75. The predicted molar refractivity (Wildman–Crippen MR) is 33.8 cm³/mol. The van der Waals surface area contributed by atoms with Gasteiger partial charge in [-0.25, -0.2) is 13.2 Å². The Kier molecular flexibility index (Phi) is 3.15. The van der Waals surface area contributed by atoms with Gasteiger partial charge in [-0.2, -0.15) is 0 Å². The lowest BCUT2D eigenvalue weighted by molar-refractivity contribution is 0.0783. The highest BCUT2D eigenvalue weighted by atomic mass is 19.3. The second-order valence-electron chi connectivity index (χ2n) is 2.92. The van der Waals surface area contributed by atoms with Crippen LogP contribution in [-0.4, -0.2) is 18.1 Å². The standard InChI is InChI=1S/C6H12F3N/c1-6(2,9)3-4(10)5(7)8/h4-5H,3,10H2,1-2H3. The molecule has 0 aliphatic carbocycles. The first-order valence-electron chi connectivity index (χ1n) is 3.05. The Balaban J connectivity index is 3.68. The Labute approximate surface area is 58.4 Å². The summed E-state index contributed by atoms with van der Waals surface area (Å²) >= 11 is 0. The molecule has 0 radical (unpaired) electrons. The summed E-state index contributed by atoms with van der Waals surface area (Å²) in [6.45, 7) is 2.46. The van der Waals surface area contributed by atoms with Crippen LogP contribution in [0.3, 0.4) is 0 Å². The van der Waals surface area contributed by atoms with Gasteiger partial charge in [0.2, 0.25) is 0 Å². The average molecular weight is 155 g/mol. The van der Waals surface area contributed by atoms with Crippen molar-refractivity contribution in [3.8, 4) is 0 Å². The van der Waals surface area contributed by atoms with Crippen molar-refractivity contribution in [1.82, 2.24) is 0 Å². The van der Waals surface area contributed by atoms with E-state index < -0.39 is 18.1 Å². The van der Waals surface area contributed by atoms with Crippen LogP contribution in [0.5, 0.6) is 0 Å². The highest BCUT2D eigenvalue weighted by Gasteiger charge is 2.25. The van der Waals surface area contributed by atoms with Crippen LogP contribution < -0.4 is 5.73 Å². The van der Waals surface area contributed by atoms with E-state index in [0.29, 0.717) is 0 Å². The fourth-order valence-corrected chi connectivity index (χ4v) is 0.650. The summed E-state index contributed by atoms with van der Waals surface area (Å²) in [6, 6.07) is -1.35. The van der Waals surface area contributed by atoms with Crippen molar-refractivity contribution in [2.24, 2.45) is 5.73 Å². The van der Waals surface area contributed by atoms with E-state index in [9.17, 15) is 13.2 Å². The molecule has 0 rings (SSSR count). The first-order chi connectivity index (χ1) is 4.33. The molecule has 62 valence electrons. The van der Waals surface area contributed by atoms with Crippen molar-refractivity contribution in [1.29, 1.82) is 0 Å². The molecule has 10 heavy (non-hydrogen) atoms. The smallest absolute Gasteiger partial charge is 0.253 e. The lowest BCUT2D eigenvalue weighted by Gasteiger charge is -2.18. The van der Waals surface area contributed by atoms with E-state index in [1.165, 1.54) is 13.8 Å². The third-order valence-electron chi connectivity index (χ3n) is 1.04. The minimum absolute atomic E-state index is 0.301. The van der Waals surface area contributed by atoms with Gasteiger partial charge < -0.3 is 5.73 Å². The summed E-state index contributed by atoms with van der Waals surface area (Å²) in [5, 5.41) is 0. The summed E-state index contributed by atoms with van der Waals surface area (Å²) < 4.78 is 35.9. The van der Waals surface area contributed by atoms with Gasteiger partial charge in [0.1, 0.15) is 5.67 Å². The van der Waals surface area contributed by atoms with E-state index in [1.54, 1.807) is 0 Å². The molecule has 0 saturated carbocycles. The molecule has 1 atom stereocenters. The van der Waals surface area contributed by atoms with Crippen molar-refractivity contribution >= 4 is 0 Å². The lowest BCUT2D eigenvalue weighted by atomic mass is 10.0. The Morgan fingerprint density at radius 2 is 1.80 bits per heavy atom. The summed E-state index contributed by atoms with van der Waals surface area (Å²) in [6.07, 6.45) is -2.93. The Morgan fingerprint density at radius 3 is 1.90 bits per heavy atom. The van der Waals surface area contributed by atoms with Crippen molar-refractivity contribution in [3.63, 3.8) is 0 Å². The van der Waals surface area contributed by atoms with Gasteiger partial charge in [0, 0.05) is 6.42 Å². The van der Waals surface area contributed by atoms with Crippen LogP contribution in [0.4, 0.5) is 13.2 Å². The number of halogens is 3. The SMILES string of the molecule is CC(C)(F)CC(N)C(F)F. The van der Waals surface area contributed by atoms with Gasteiger partial charge in [-0.05, 0) is 13.8 Å². The summed E-state index contributed by atoms with van der Waals surface area (Å²) in [5.74, 6) is 0. The van der Waals surface area contributed by atoms with Crippen LogP contribution in [0, 0.1) is 0 Å². The van der Waals surface area contributed by atoms with Gasteiger partial charge in [-0.3, -0.25) is 0 Å². The molecular weight excluding hydrogens is 143 g/mol.